The Morgan fingerprint density at radius 3 is 1.04 bits per heavy atom. The third-order valence-corrected chi connectivity index (χ3v) is 24.2. The number of halogens is 3. The molecule has 0 bridgehead atoms. The fraction of sp³-hybridized carbons (Fsp3) is 0.426. The van der Waals surface area contributed by atoms with Crippen LogP contribution in [0.3, 0.4) is 0 Å². The van der Waals surface area contributed by atoms with Gasteiger partial charge in [0.2, 0.25) is 5.91 Å². The lowest BCUT2D eigenvalue weighted by molar-refractivity contribution is -0.138. The topological polar surface area (TPSA) is 327 Å². The Kier molecular flexibility index (Phi) is 22.3. The van der Waals surface area contributed by atoms with Crippen molar-refractivity contribution in [3.63, 3.8) is 0 Å². The van der Waals surface area contributed by atoms with Crippen LogP contribution in [0.2, 0.25) is 0 Å². The van der Waals surface area contributed by atoms with E-state index in [1.807, 2.05) is 59.5 Å². The van der Waals surface area contributed by atoms with Crippen molar-refractivity contribution in [3.8, 4) is 34.5 Å². The lowest BCUT2D eigenvalue weighted by Gasteiger charge is -2.20. The summed E-state index contributed by atoms with van der Waals surface area (Å²) in [5, 5.41) is 21.7. The van der Waals surface area contributed by atoms with Crippen molar-refractivity contribution in [1.29, 1.82) is 0 Å². The molecular weight excluding hydrogens is 1540 g/mol. The van der Waals surface area contributed by atoms with Crippen LogP contribution in [0.4, 0.5) is 17.5 Å². The molecule has 3 aromatic carbocycles. The average molecular weight is 1620 g/mol. The van der Waals surface area contributed by atoms with Gasteiger partial charge in [0.25, 0.3) is 11.8 Å². The van der Waals surface area contributed by atoms with Gasteiger partial charge in [0, 0.05) is 113 Å². The number of imidazole rings is 3. The second-order valence-corrected chi connectivity index (χ2v) is 30.7. The van der Waals surface area contributed by atoms with Gasteiger partial charge in [0.15, 0.2) is 67.4 Å². The maximum absolute atomic E-state index is 12.1. The first-order valence-electron chi connectivity index (χ1n) is 33.1. The van der Waals surface area contributed by atoms with Gasteiger partial charge in [0.1, 0.15) is 68.4 Å². The van der Waals surface area contributed by atoms with Crippen LogP contribution in [-0.2, 0) is 34.0 Å². The fourth-order valence-corrected chi connectivity index (χ4v) is 17.6. The molecular formula is C68H76Br3N15O11S3. The Bertz CT molecular complexity index is 4350. The van der Waals surface area contributed by atoms with Crippen molar-refractivity contribution in [3.05, 3.63) is 86.6 Å². The van der Waals surface area contributed by atoms with Gasteiger partial charge in [0.05, 0.1) is 16.6 Å². The summed E-state index contributed by atoms with van der Waals surface area (Å²) in [5.41, 5.74) is 23.3. The Morgan fingerprint density at radius 1 is 0.480 bits per heavy atom. The Morgan fingerprint density at radius 2 is 0.760 bits per heavy atom. The first-order chi connectivity index (χ1) is 48.3. The number of ether oxygens (including phenoxy) is 6. The summed E-state index contributed by atoms with van der Waals surface area (Å²) in [7, 11) is 0. The second kappa shape index (κ2) is 31.4. The van der Waals surface area contributed by atoms with E-state index in [4.69, 9.17) is 60.6 Å². The van der Waals surface area contributed by atoms with E-state index in [-0.39, 0.29) is 17.7 Å². The number of nitrogen functional groups attached to an aromatic ring is 3. The number of amides is 3. The van der Waals surface area contributed by atoms with Crippen LogP contribution >= 0.6 is 83.1 Å². The molecule has 3 unspecified atom stereocenters. The van der Waals surface area contributed by atoms with E-state index < -0.39 is 12.2 Å². The Balaban J connectivity index is 0.000000134. The van der Waals surface area contributed by atoms with E-state index in [0.717, 1.165) is 166 Å². The van der Waals surface area contributed by atoms with E-state index in [1.165, 1.54) is 37.4 Å². The van der Waals surface area contributed by atoms with Crippen LogP contribution in [0.25, 0.3) is 33.1 Å². The summed E-state index contributed by atoms with van der Waals surface area (Å²) in [5.74, 6) is 6.53. The molecule has 8 N–H and O–H groups in total. The molecule has 6 aliphatic heterocycles. The van der Waals surface area contributed by atoms with Gasteiger partial charge in [-0.1, -0.05) is 35.3 Å². The Hall–Kier alpha value is -7.46. The number of nitrogens with zero attached hydrogens (tertiary/aromatic N) is 12. The van der Waals surface area contributed by atoms with Gasteiger partial charge < -0.3 is 84.2 Å². The number of carbonyl (C=O) groups excluding carboxylic acids is 3. The number of aliphatic hydroxyl groups is 2. The summed E-state index contributed by atoms with van der Waals surface area (Å²) in [6.07, 6.45) is 8.80. The number of aliphatic hydroxyl groups excluding tert-OH is 2. The molecule has 100 heavy (non-hydrogen) atoms. The maximum Gasteiger partial charge on any atom is 0.251 e. The van der Waals surface area contributed by atoms with Crippen LogP contribution in [-0.4, -0.2) is 177 Å². The van der Waals surface area contributed by atoms with Crippen LogP contribution < -0.4 is 45.6 Å². The number of anilines is 3. The number of rotatable bonds is 17. The Labute approximate surface area is 614 Å². The zero-order valence-electron chi connectivity index (χ0n) is 55.2. The maximum atomic E-state index is 12.1. The van der Waals surface area contributed by atoms with Crippen LogP contribution in [0.5, 0.6) is 34.5 Å². The lowest BCUT2D eigenvalue weighted by Crippen LogP contribution is -2.36. The molecule has 15 rings (SSSR count). The number of likely N-dealkylation sites (tertiary alicyclic amines) is 3. The number of hydrogen-bond donors (Lipinski definition) is 5. The minimum atomic E-state index is -0.959. The first-order valence-corrected chi connectivity index (χ1v) is 38.0. The summed E-state index contributed by atoms with van der Waals surface area (Å²) < 4.78 is 43.6. The summed E-state index contributed by atoms with van der Waals surface area (Å²) in [6, 6.07) is 17.5. The second-order valence-electron chi connectivity index (χ2n) is 25.1. The van der Waals surface area contributed by atoms with Gasteiger partial charge in [-0.05, 0) is 173 Å². The highest BCUT2D eigenvalue weighted by atomic mass is 79.9. The molecule has 0 radical (unpaired) electrons. The van der Waals surface area contributed by atoms with E-state index in [9.17, 15) is 24.6 Å². The molecule has 12 heterocycles. The van der Waals surface area contributed by atoms with Crippen LogP contribution in [0.1, 0.15) is 59.3 Å². The summed E-state index contributed by atoms with van der Waals surface area (Å²) >= 11 is 15.6. The van der Waals surface area contributed by atoms with Crippen molar-refractivity contribution >= 4 is 151 Å². The lowest BCUT2D eigenvalue weighted by atomic mass is 10.1. The third kappa shape index (κ3) is 15.9. The van der Waals surface area contributed by atoms with Crippen LogP contribution in [0.15, 0.2) is 117 Å². The van der Waals surface area contributed by atoms with E-state index >= 15 is 0 Å². The quantitative estimate of drug-likeness (QED) is 0.0565. The highest BCUT2D eigenvalue weighted by molar-refractivity contribution is 9.11. The van der Waals surface area contributed by atoms with Crippen molar-refractivity contribution in [2.45, 2.75) is 121 Å². The van der Waals surface area contributed by atoms with Crippen molar-refractivity contribution in [2.75, 3.05) is 96.1 Å². The van der Waals surface area contributed by atoms with Gasteiger partial charge >= 0.3 is 0 Å². The summed E-state index contributed by atoms with van der Waals surface area (Å²) in [4.78, 5) is 71.4. The monoisotopic (exact) mass is 1610 g/mol. The van der Waals surface area contributed by atoms with Crippen LogP contribution in [0, 0.1) is 17.8 Å². The number of pyridine rings is 3. The fourth-order valence-electron chi connectivity index (χ4n) is 13.1. The van der Waals surface area contributed by atoms with Crippen molar-refractivity contribution in [1.82, 2.24) is 58.3 Å². The normalized spacial score (nSPS) is 18.2. The first kappa shape index (κ1) is 71.0. The molecule has 9 aromatic rings. The van der Waals surface area contributed by atoms with Crippen molar-refractivity contribution < 1.29 is 53.0 Å². The minimum absolute atomic E-state index is 0.152. The smallest absolute Gasteiger partial charge is 0.251 e. The highest BCUT2D eigenvalue weighted by Crippen LogP contribution is 2.47. The molecule has 6 aromatic heterocycles. The minimum Gasteiger partial charge on any atom is -0.486 e. The average Bonchev–Trinajstić information content (AvgIpc) is 1.61. The number of nitrogens with two attached hydrogens (primary N) is 3. The number of aromatic nitrogens is 9. The third-order valence-electron chi connectivity index (χ3n) is 18.3. The predicted molar refractivity (Wildman–Crippen MR) is 391 cm³/mol. The molecule has 26 nitrogen and oxygen atoms in total. The van der Waals surface area contributed by atoms with Gasteiger partial charge in [-0.25, -0.2) is 29.9 Å². The molecule has 3 saturated heterocycles. The standard InChI is InChI=1S/2C23H26BrN5O4S.C22H24BrN5O3S/c2*1-13(30)22(31)28-6-3-14(12-28)4-7-29-16-2-5-26-21(25)20(16)27-23(29)34-19-11-18-17(10-15(19)24)32-8-9-33-18;1-13(29)27-6-3-14(12-27)4-7-28-16-2-5-25-21(24)20(16)26-22(28)32-19-11-18-17(10-15(19)23)30-8-9-31-18/h2*2,5,10-11,13-14,30H,3-4,6-9,12H2,1H3,(H2,25,26);2,5,10-11,14H,3-4,6-9,12H2,1H3,(H2,24,25)/t2*13-,14?;/m10./s1. The zero-order chi connectivity index (χ0) is 69.9. The molecule has 528 valence electrons. The molecule has 32 heteroatoms. The van der Waals surface area contributed by atoms with E-state index in [2.05, 4.69) is 76.4 Å². The number of benzene rings is 3. The molecule has 3 amide bonds. The molecule has 6 aliphatic rings. The number of fused-ring (bicyclic) bond motifs is 6. The van der Waals surface area contributed by atoms with Gasteiger partial charge in [-0.3, -0.25) is 14.4 Å². The predicted octanol–water partition coefficient (Wildman–Crippen LogP) is 10.6. The molecule has 0 aliphatic carbocycles. The van der Waals surface area contributed by atoms with Gasteiger partial charge in [-0.2, -0.15) is 0 Å². The molecule has 0 saturated carbocycles. The molecule has 5 atom stereocenters. The van der Waals surface area contributed by atoms with E-state index in [1.54, 1.807) is 47.1 Å². The molecule has 3 fully saturated rings. The number of hydrogen-bond acceptors (Lipinski definition) is 23. The van der Waals surface area contributed by atoms with Gasteiger partial charge in [-0.15, -0.1) is 0 Å². The zero-order valence-corrected chi connectivity index (χ0v) is 62.4. The number of aryl methyl sites for hydroxylation is 3. The SMILES string of the molecule is CC(=O)N1CCC(CCn2c(Sc3cc4c(cc3Br)OCCO4)nc3c(N)nccc32)C1.C[C@@H](O)C(=O)N1CCC(CCn2c(Sc3cc4c(cc3Br)OCCO4)nc3c(N)nccc32)C1.C[C@H](O)C(=O)N1CCC(CCn2c(Sc3cc4c(cc3Br)OCCO4)nc3c(N)nccc32)C1. The highest BCUT2D eigenvalue weighted by Gasteiger charge is 2.32. The van der Waals surface area contributed by atoms with Crippen molar-refractivity contribution in [2.24, 2.45) is 17.8 Å². The largest absolute Gasteiger partial charge is 0.486 e. The summed E-state index contributed by atoms with van der Waals surface area (Å²) in [6.45, 7) is 14.5. The number of carbonyl (C=O) groups is 3. The van der Waals surface area contributed by atoms with E-state index in [0.29, 0.717) is 118 Å². The molecule has 0 spiro atoms.